The molecule has 130 valence electrons. The summed E-state index contributed by atoms with van der Waals surface area (Å²) >= 11 is 15.8. The Balaban J connectivity index is 2.20. The summed E-state index contributed by atoms with van der Waals surface area (Å²) in [7, 11) is 0. The van der Waals surface area contributed by atoms with E-state index in [1.807, 2.05) is 19.1 Å². The van der Waals surface area contributed by atoms with Crippen LogP contribution in [-0.2, 0) is 6.54 Å². The van der Waals surface area contributed by atoms with E-state index in [4.69, 9.17) is 32.7 Å². The monoisotopic (exact) mass is 431 g/mol. The first-order valence-corrected chi connectivity index (χ1v) is 9.37. The second-order valence-corrected chi connectivity index (χ2v) is 6.85. The van der Waals surface area contributed by atoms with Gasteiger partial charge in [0.2, 0.25) is 0 Å². The molecule has 0 fully saturated rings. The maximum absolute atomic E-state index is 6.19. The van der Waals surface area contributed by atoms with E-state index < -0.39 is 0 Å². The van der Waals surface area contributed by atoms with Crippen molar-refractivity contribution in [3.63, 3.8) is 0 Å². The van der Waals surface area contributed by atoms with E-state index in [-0.39, 0.29) is 0 Å². The van der Waals surface area contributed by atoms with E-state index in [9.17, 15) is 0 Å². The quantitative estimate of drug-likeness (QED) is 0.512. The maximum Gasteiger partial charge on any atom is 0.162 e. The number of ether oxygens (including phenoxy) is 2. The summed E-state index contributed by atoms with van der Waals surface area (Å²) in [4.78, 5) is 0. The fourth-order valence-electron chi connectivity index (χ4n) is 2.13. The first kappa shape index (κ1) is 19.2. The largest absolute Gasteiger partial charge is 0.490 e. The molecule has 0 aromatic heterocycles. The standard InChI is InChI=1S/C18H20BrCl2NO2/c1-3-7-24-18-10-14(19)12(8-17(18)23-4-2)11-22-16-9-13(20)5-6-15(16)21/h5-6,8-10,22H,3-4,7,11H2,1-2H3. The smallest absolute Gasteiger partial charge is 0.162 e. The van der Waals surface area contributed by atoms with Crippen molar-refractivity contribution in [2.75, 3.05) is 18.5 Å². The van der Waals surface area contributed by atoms with Gasteiger partial charge in [0.25, 0.3) is 0 Å². The van der Waals surface area contributed by atoms with Crippen molar-refractivity contribution in [3.8, 4) is 11.5 Å². The van der Waals surface area contributed by atoms with E-state index in [1.165, 1.54) is 0 Å². The lowest BCUT2D eigenvalue weighted by molar-refractivity contribution is 0.276. The highest BCUT2D eigenvalue weighted by Crippen LogP contribution is 2.35. The molecule has 0 radical (unpaired) electrons. The molecule has 2 aromatic rings. The highest BCUT2D eigenvalue weighted by molar-refractivity contribution is 9.10. The fraction of sp³-hybridized carbons (Fsp3) is 0.333. The SMILES string of the molecule is CCCOc1cc(Br)c(CNc2cc(Cl)ccc2Cl)cc1OCC. The van der Waals surface area contributed by atoms with Crippen molar-refractivity contribution in [3.05, 3.63) is 50.4 Å². The number of halogens is 3. The Labute approximate surface area is 161 Å². The molecule has 0 amide bonds. The topological polar surface area (TPSA) is 30.5 Å². The molecule has 24 heavy (non-hydrogen) atoms. The van der Waals surface area contributed by atoms with Crippen LogP contribution in [0.2, 0.25) is 10.0 Å². The molecule has 2 rings (SSSR count). The maximum atomic E-state index is 6.19. The van der Waals surface area contributed by atoms with Gasteiger partial charge in [-0.05, 0) is 49.2 Å². The van der Waals surface area contributed by atoms with Crippen molar-refractivity contribution >= 4 is 44.8 Å². The van der Waals surface area contributed by atoms with Crippen molar-refractivity contribution < 1.29 is 9.47 Å². The molecule has 1 N–H and O–H groups in total. The Hall–Kier alpha value is -1.10. The average molecular weight is 433 g/mol. The van der Waals surface area contributed by atoms with E-state index in [2.05, 4.69) is 28.2 Å². The molecule has 0 aliphatic rings. The van der Waals surface area contributed by atoms with E-state index in [0.29, 0.717) is 29.8 Å². The first-order valence-electron chi connectivity index (χ1n) is 7.82. The molecule has 0 bridgehead atoms. The van der Waals surface area contributed by atoms with Crippen LogP contribution in [0.25, 0.3) is 0 Å². The molecular formula is C18H20BrCl2NO2. The molecule has 0 saturated carbocycles. The Morgan fingerprint density at radius 1 is 1.04 bits per heavy atom. The molecule has 2 aromatic carbocycles. The van der Waals surface area contributed by atoms with Crippen LogP contribution in [0.3, 0.4) is 0 Å². The summed E-state index contributed by atoms with van der Waals surface area (Å²) in [6, 6.07) is 9.26. The zero-order chi connectivity index (χ0) is 17.5. The highest BCUT2D eigenvalue weighted by atomic mass is 79.9. The van der Waals surface area contributed by atoms with Crippen LogP contribution in [-0.4, -0.2) is 13.2 Å². The minimum absolute atomic E-state index is 0.578. The van der Waals surface area contributed by atoms with Gasteiger partial charge in [-0.2, -0.15) is 0 Å². The molecule has 0 aliphatic carbocycles. The number of hydrogen-bond acceptors (Lipinski definition) is 3. The van der Waals surface area contributed by atoms with Gasteiger partial charge in [0, 0.05) is 16.0 Å². The lowest BCUT2D eigenvalue weighted by atomic mass is 10.2. The van der Waals surface area contributed by atoms with Crippen LogP contribution >= 0.6 is 39.1 Å². The second kappa shape index (κ2) is 9.40. The van der Waals surface area contributed by atoms with Crippen LogP contribution < -0.4 is 14.8 Å². The summed E-state index contributed by atoms with van der Waals surface area (Å²) < 4.78 is 12.4. The van der Waals surface area contributed by atoms with Crippen LogP contribution in [0.5, 0.6) is 11.5 Å². The van der Waals surface area contributed by atoms with Crippen molar-refractivity contribution in [1.82, 2.24) is 0 Å². The van der Waals surface area contributed by atoms with Gasteiger partial charge in [-0.15, -0.1) is 0 Å². The Bertz CT molecular complexity index is 695. The molecule has 3 nitrogen and oxygen atoms in total. The Morgan fingerprint density at radius 2 is 1.79 bits per heavy atom. The molecular weight excluding hydrogens is 413 g/mol. The van der Waals surface area contributed by atoms with Crippen LogP contribution in [0, 0.1) is 0 Å². The zero-order valence-corrected chi connectivity index (χ0v) is 16.8. The molecule has 6 heteroatoms. The zero-order valence-electron chi connectivity index (χ0n) is 13.7. The molecule has 0 unspecified atom stereocenters. The Morgan fingerprint density at radius 3 is 2.50 bits per heavy atom. The lowest BCUT2D eigenvalue weighted by Gasteiger charge is -2.16. The van der Waals surface area contributed by atoms with Crippen LogP contribution in [0.4, 0.5) is 5.69 Å². The minimum Gasteiger partial charge on any atom is -0.490 e. The van der Waals surface area contributed by atoms with E-state index in [1.54, 1.807) is 18.2 Å². The van der Waals surface area contributed by atoms with E-state index in [0.717, 1.165) is 33.6 Å². The molecule has 0 atom stereocenters. The van der Waals surface area contributed by atoms with Gasteiger partial charge in [-0.25, -0.2) is 0 Å². The molecule has 0 aliphatic heterocycles. The van der Waals surface area contributed by atoms with Crippen molar-refractivity contribution in [2.45, 2.75) is 26.8 Å². The van der Waals surface area contributed by atoms with Crippen molar-refractivity contribution in [2.24, 2.45) is 0 Å². The van der Waals surface area contributed by atoms with E-state index >= 15 is 0 Å². The van der Waals surface area contributed by atoms with Gasteiger partial charge in [0.05, 0.1) is 23.9 Å². The predicted molar refractivity (Wildman–Crippen MR) is 105 cm³/mol. The summed E-state index contributed by atoms with van der Waals surface area (Å²) in [6.07, 6.45) is 0.944. The number of rotatable bonds is 8. The average Bonchev–Trinajstić information content (AvgIpc) is 2.56. The summed E-state index contributed by atoms with van der Waals surface area (Å²) in [5, 5.41) is 4.57. The first-order chi connectivity index (χ1) is 11.5. The second-order valence-electron chi connectivity index (χ2n) is 5.15. The van der Waals surface area contributed by atoms with Crippen molar-refractivity contribution in [1.29, 1.82) is 0 Å². The molecule has 0 saturated heterocycles. The number of hydrogen-bond donors (Lipinski definition) is 1. The van der Waals surface area contributed by atoms with Gasteiger partial charge in [-0.1, -0.05) is 46.1 Å². The number of anilines is 1. The minimum atomic E-state index is 0.578. The lowest BCUT2D eigenvalue weighted by Crippen LogP contribution is -2.04. The van der Waals surface area contributed by atoms with Crippen LogP contribution in [0.15, 0.2) is 34.8 Å². The Kier molecular flexibility index (Phi) is 7.53. The predicted octanol–water partition coefficient (Wildman–Crippen LogP) is 6.56. The number of benzene rings is 2. The van der Waals surface area contributed by atoms with Crippen LogP contribution in [0.1, 0.15) is 25.8 Å². The van der Waals surface area contributed by atoms with Gasteiger partial charge in [-0.3, -0.25) is 0 Å². The third-order valence-corrected chi connectivity index (χ3v) is 4.57. The van der Waals surface area contributed by atoms with Gasteiger partial charge in [0.1, 0.15) is 0 Å². The summed E-state index contributed by atoms with van der Waals surface area (Å²) in [6.45, 7) is 5.84. The van der Waals surface area contributed by atoms with Gasteiger partial charge >= 0.3 is 0 Å². The third-order valence-electron chi connectivity index (χ3n) is 3.27. The summed E-state index contributed by atoms with van der Waals surface area (Å²) in [5.41, 5.74) is 1.83. The van der Waals surface area contributed by atoms with Gasteiger partial charge in [0.15, 0.2) is 11.5 Å². The third kappa shape index (κ3) is 5.20. The summed E-state index contributed by atoms with van der Waals surface area (Å²) in [5.74, 6) is 1.48. The molecule has 0 heterocycles. The fourth-order valence-corrected chi connectivity index (χ4v) is 2.95. The molecule has 0 spiro atoms. The van der Waals surface area contributed by atoms with Gasteiger partial charge < -0.3 is 14.8 Å². The normalized spacial score (nSPS) is 10.5. The number of nitrogens with one attached hydrogen (secondary N) is 1. The highest BCUT2D eigenvalue weighted by Gasteiger charge is 2.11.